The second-order valence-electron chi connectivity index (χ2n) is 8.91. The summed E-state index contributed by atoms with van der Waals surface area (Å²) in [5, 5.41) is 0. The molecule has 2 aromatic carbocycles. The van der Waals surface area contributed by atoms with Crippen LogP contribution < -0.4 is 14.5 Å². The number of rotatable bonds is 5. The Hall–Kier alpha value is -2.71. The Morgan fingerprint density at radius 2 is 1.81 bits per heavy atom. The predicted molar refractivity (Wildman–Crippen MR) is 124 cm³/mol. The highest BCUT2D eigenvalue weighted by molar-refractivity contribution is 7.89. The molecule has 0 fully saturated rings. The topological polar surface area (TPSA) is 86.8 Å². The lowest BCUT2D eigenvalue weighted by Gasteiger charge is -2.20. The average Bonchev–Trinajstić information content (AvgIpc) is 3.30. The highest BCUT2D eigenvalue weighted by atomic mass is 32.2. The monoisotopic (exact) mass is 455 g/mol. The summed E-state index contributed by atoms with van der Waals surface area (Å²) in [6, 6.07) is 10.7. The molecule has 1 unspecified atom stereocenters. The van der Waals surface area contributed by atoms with Crippen LogP contribution in [-0.4, -0.2) is 32.8 Å². The van der Waals surface area contributed by atoms with Crippen molar-refractivity contribution in [3.63, 3.8) is 0 Å². The number of fused-ring (bicyclic) bond motifs is 2. The standard InChI is InChI=1S/C24H29N3O4S/c1-15(2)24(29)26-10-9-19-12-18(5-7-22(19)26)14-25-32(30,31)21-6-8-23-20(13-21)11-16(3)27(23)17(4)28/h5-8,12-13,15-16,25H,9-11,14H2,1-4H3. The van der Waals surface area contributed by atoms with Gasteiger partial charge in [-0.05, 0) is 60.7 Å². The molecule has 2 amide bonds. The van der Waals surface area contributed by atoms with Gasteiger partial charge in [-0.1, -0.05) is 26.0 Å². The fraction of sp³-hybridized carbons (Fsp3) is 0.417. The number of carbonyl (C=O) groups excluding carboxylic acids is 2. The van der Waals surface area contributed by atoms with Crippen molar-refractivity contribution in [3.8, 4) is 0 Å². The first kappa shape index (κ1) is 22.5. The molecule has 2 aromatic rings. The lowest BCUT2D eigenvalue weighted by Crippen LogP contribution is -2.33. The van der Waals surface area contributed by atoms with Crippen molar-refractivity contribution in [3.05, 3.63) is 53.1 Å². The van der Waals surface area contributed by atoms with Gasteiger partial charge in [0, 0.05) is 43.3 Å². The minimum atomic E-state index is -3.70. The van der Waals surface area contributed by atoms with E-state index in [2.05, 4.69) is 4.72 Å². The lowest BCUT2D eigenvalue weighted by molar-refractivity contribution is -0.121. The molecule has 32 heavy (non-hydrogen) atoms. The third-order valence-corrected chi connectivity index (χ3v) is 7.58. The van der Waals surface area contributed by atoms with Crippen LogP contribution in [0.25, 0.3) is 0 Å². The van der Waals surface area contributed by atoms with Gasteiger partial charge in [0.1, 0.15) is 0 Å². The van der Waals surface area contributed by atoms with Gasteiger partial charge in [0.15, 0.2) is 0 Å². The van der Waals surface area contributed by atoms with Gasteiger partial charge in [0.05, 0.1) is 4.90 Å². The summed E-state index contributed by atoms with van der Waals surface area (Å²) >= 11 is 0. The van der Waals surface area contributed by atoms with E-state index in [1.54, 1.807) is 23.1 Å². The summed E-state index contributed by atoms with van der Waals surface area (Å²) < 4.78 is 28.5. The summed E-state index contributed by atoms with van der Waals surface area (Å²) in [6.07, 6.45) is 1.40. The van der Waals surface area contributed by atoms with Crippen molar-refractivity contribution < 1.29 is 18.0 Å². The first-order chi connectivity index (χ1) is 15.1. The number of amides is 2. The Morgan fingerprint density at radius 1 is 1.09 bits per heavy atom. The first-order valence-corrected chi connectivity index (χ1v) is 12.4. The molecule has 0 spiro atoms. The van der Waals surface area contributed by atoms with Crippen molar-refractivity contribution in [2.24, 2.45) is 5.92 Å². The number of carbonyl (C=O) groups is 2. The Balaban J connectivity index is 1.49. The second-order valence-corrected chi connectivity index (χ2v) is 10.7. The zero-order chi connectivity index (χ0) is 23.2. The van der Waals surface area contributed by atoms with Crippen LogP contribution in [0, 0.1) is 5.92 Å². The van der Waals surface area contributed by atoms with Gasteiger partial charge in [-0.2, -0.15) is 0 Å². The fourth-order valence-electron chi connectivity index (χ4n) is 4.62. The average molecular weight is 456 g/mol. The van der Waals surface area contributed by atoms with E-state index in [1.807, 2.05) is 43.9 Å². The van der Waals surface area contributed by atoms with Crippen LogP contribution in [0.3, 0.4) is 0 Å². The van der Waals surface area contributed by atoms with Crippen molar-refractivity contribution in [1.82, 2.24) is 4.72 Å². The van der Waals surface area contributed by atoms with Crippen LogP contribution in [0.15, 0.2) is 41.3 Å². The van der Waals surface area contributed by atoms with E-state index in [-0.39, 0.29) is 35.2 Å². The Bertz CT molecular complexity index is 1190. The smallest absolute Gasteiger partial charge is 0.240 e. The van der Waals surface area contributed by atoms with E-state index in [4.69, 9.17) is 0 Å². The minimum absolute atomic E-state index is 0.0157. The third kappa shape index (κ3) is 4.04. The Morgan fingerprint density at radius 3 is 2.50 bits per heavy atom. The molecule has 7 nitrogen and oxygen atoms in total. The number of nitrogens with zero attached hydrogens (tertiary/aromatic N) is 2. The van der Waals surface area contributed by atoms with E-state index in [0.717, 1.165) is 34.5 Å². The Labute approximate surface area is 189 Å². The van der Waals surface area contributed by atoms with Gasteiger partial charge < -0.3 is 9.80 Å². The maximum Gasteiger partial charge on any atom is 0.240 e. The SMILES string of the molecule is CC(=O)N1c2ccc(S(=O)(=O)NCc3ccc4c(c3)CCN4C(=O)C(C)C)cc2CC1C. The van der Waals surface area contributed by atoms with Crippen molar-refractivity contribution in [2.45, 2.75) is 58.0 Å². The fourth-order valence-corrected chi connectivity index (χ4v) is 5.69. The highest BCUT2D eigenvalue weighted by Gasteiger charge is 2.30. The van der Waals surface area contributed by atoms with E-state index < -0.39 is 10.0 Å². The zero-order valence-corrected chi connectivity index (χ0v) is 19.7. The number of anilines is 2. The van der Waals surface area contributed by atoms with Crippen molar-refractivity contribution in [2.75, 3.05) is 16.3 Å². The number of nitrogens with one attached hydrogen (secondary N) is 1. The summed E-state index contributed by atoms with van der Waals surface area (Å²) in [5.41, 5.74) is 4.47. The molecule has 170 valence electrons. The molecule has 2 aliphatic heterocycles. The summed E-state index contributed by atoms with van der Waals surface area (Å²) in [5.74, 6) is -0.00742. The van der Waals surface area contributed by atoms with E-state index >= 15 is 0 Å². The van der Waals surface area contributed by atoms with Crippen LogP contribution in [0.5, 0.6) is 0 Å². The molecule has 0 saturated heterocycles. The van der Waals surface area contributed by atoms with Crippen LogP contribution in [0.1, 0.15) is 44.4 Å². The minimum Gasteiger partial charge on any atom is -0.312 e. The molecule has 0 aliphatic carbocycles. The maximum absolute atomic E-state index is 12.9. The molecule has 4 rings (SSSR count). The summed E-state index contributed by atoms with van der Waals surface area (Å²) in [6.45, 7) is 8.08. The molecule has 2 aliphatic rings. The lowest BCUT2D eigenvalue weighted by atomic mass is 10.1. The van der Waals surface area contributed by atoms with Crippen LogP contribution in [0.2, 0.25) is 0 Å². The molecule has 1 atom stereocenters. The molecule has 2 heterocycles. The largest absolute Gasteiger partial charge is 0.312 e. The summed E-state index contributed by atoms with van der Waals surface area (Å²) in [7, 11) is -3.70. The molecule has 0 saturated carbocycles. The van der Waals surface area contributed by atoms with Crippen molar-refractivity contribution >= 4 is 33.2 Å². The second kappa shape index (κ2) is 8.33. The molecule has 1 N–H and O–H groups in total. The van der Waals surface area contributed by atoms with Gasteiger partial charge in [-0.15, -0.1) is 0 Å². The van der Waals surface area contributed by atoms with Gasteiger partial charge in [-0.25, -0.2) is 13.1 Å². The molecular formula is C24H29N3O4S. The maximum atomic E-state index is 12.9. The molecule has 0 aromatic heterocycles. The van der Waals surface area contributed by atoms with E-state index in [1.165, 1.54) is 6.92 Å². The first-order valence-electron chi connectivity index (χ1n) is 10.9. The summed E-state index contributed by atoms with van der Waals surface area (Å²) in [4.78, 5) is 28.0. The van der Waals surface area contributed by atoms with E-state index in [0.29, 0.717) is 13.0 Å². The van der Waals surface area contributed by atoms with Gasteiger partial charge >= 0.3 is 0 Å². The number of hydrogen-bond donors (Lipinski definition) is 1. The van der Waals surface area contributed by atoms with Crippen molar-refractivity contribution in [1.29, 1.82) is 0 Å². The molecule has 8 heteroatoms. The molecule has 0 bridgehead atoms. The molecular weight excluding hydrogens is 426 g/mol. The Kier molecular flexibility index (Phi) is 5.85. The highest BCUT2D eigenvalue weighted by Crippen LogP contribution is 2.34. The van der Waals surface area contributed by atoms with Gasteiger partial charge in [0.2, 0.25) is 21.8 Å². The third-order valence-electron chi connectivity index (χ3n) is 6.18. The quantitative estimate of drug-likeness (QED) is 0.751. The van der Waals surface area contributed by atoms with Gasteiger partial charge in [-0.3, -0.25) is 9.59 Å². The van der Waals surface area contributed by atoms with Gasteiger partial charge in [0.25, 0.3) is 0 Å². The molecule has 0 radical (unpaired) electrons. The zero-order valence-electron chi connectivity index (χ0n) is 18.9. The van der Waals surface area contributed by atoms with Crippen LogP contribution in [0.4, 0.5) is 11.4 Å². The predicted octanol–water partition coefficient (Wildman–Crippen LogP) is 3.01. The van der Waals surface area contributed by atoms with Crippen LogP contribution in [-0.2, 0) is 39.0 Å². The van der Waals surface area contributed by atoms with Crippen LogP contribution >= 0.6 is 0 Å². The number of benzene rings is 2. The normalized spacial score (nSPS) is 17.6. The van der Waals surface area contributed by atoms with E-state index in [9.17, 15) is 18.0 Å². The number of sulfonamides is 1. The number of hydrogen-bond acceptors (Lipinski definition) is 4.